The van der Waals surface area contributed by atoms with Gasteiger partial charge in [0, 0.05) is 24.0 Å². The predicted octanol–water partition coefficient (Wildman–Crippen LogP) is 4.30. The van der Waals surface area contributed by atoms with Gasteiger partial charge in [0.15, 0.2) is 0 Å². The van der Waals surface area contributed by atoms with Crippen LogP contribution >= 0.6 is 0 Å². The fraction of sp³-hybridized carbons (Fsp3) is 0.333. The third-order valence-corrected chi connectivity index (χ3v) is 4.12. The molecule has 2 amide bonds. The molecule has 0 radical (unpaired) electrons. The van der Waals surface area contributed by atoms with E-state index in [0.29, 0.717) is 0 Å². The van der Waals surface area contributed by atoms with Gasteiger partial charge in [0.25, 0.3) is 0 Å². The van der Waals surface area contributed by atoms with Gasteiger partial charge in [-0.2, -0.15) is 0 Å². The number of anilines is 3. The summed E-state index contributed by atoms with van der Waals surface area (Å²) >= 11 is 0. The van der Waals surface area contributed by atoms with E-state index < -0.39 is 0 Å². The molecular formula is C21H27N3O2. The van der Waals surface area contributed by atoms with Crippen LogP contribution in [0.1, 0.15) is 38.8 Å². The lowest BCUT2D eigenvalue weighted by Crippen LogP contribution is -2.22. The molecule has 0 fully saturated rings. The molecule has 2 aromatic carbocycles. The van der Waals surface area contributed by atoms with E-state index in [1.807, 2.05) is 49.4 Å². The van der Waals surface area contributed by atoms with Gasteiger partial charge in [-0.05, 0) is 47.7 Å². The summed E-state index contributed by atoms with van der Waals surface area (Å²) in [5.74, 6) is -0.250. The van der Waals surface area contributed by atoms with Crippen molar-refractivity contribution >= 4 is 28.9 Å². The van der Waals surface area contributed by atoms with E-state index in [4.69, 9.17) is 0 Å². The van der Waals surface area contributed by atoms with Crippen LogP contribution in [0, 0.1) is 6.92 Å². The molecule has 0 aliphatic rings. The van der Waals surface area contributed by atoms with Gasteiger partial charge in [-0.15, -0.1) is 0 Å². The average molecular weight is 353 g/mol. The van der Waals surface area contributed by atoms with Crippen LogP contribution < -0.4 is 16.0 Å². The van der Waals surface area contributed by atoms with Crippen molar-refractivity contribution < 1.29 is 9.59 Å². The van der Waals surface area contributed by atoms with Crippen molar-refractivity contribution in [2.75, 3.05) is 22.5 Å². The molecule has 2 rings (SSSR count). The minimum absolute atomic E-state index is 0.0839. The molecule has 26 heavy (non-hydrogen) atoms. The first kappa shape index (κ1) is 19.5. The van der Waals surface area contributed by atoms with Crippen molar-refractivity contribution in [2.24, 2.45) is 0 Å². The molecule has 5 nitrogen and oxygen atoms in total. The first-order valence-electron chi connectivity index (χ1n) is 8.68. The number of hydrogen-bond acceptors (Lipinski definition) is 3. The molecule has 5 heteroatoms. The maximum absolute atomic E-state index is 12.2. The lowest BCUT2D eigenvalue weighted by molar-refractivity contribution is -0.115. The summed E-state index contributed by atoms with van der Waals surface area (Å²) in [7, 11) is 0. The minimum Gasteiger partial charge on any atom is -0.376 e. The second kappa shape index (κ2) is 8.04. The van der Waals surface area contributed by atoms with E-state index in [2.05, 4.69) is 36.7 Å². The molecule has 0 aromatic heterocycles. The maximum atomic E-state index is 12.2. The van der Waals surface area contributed by atoms with Gasteiger partial charge in [-0.3, -0.25) is 9.59 Å². The molecule has 0 spiro atoms. The molecule has 0 saturated heterocycles. The van der Waals surface area contributed by atoms with Crippen LogP contribution in [0.15, 0.2) is 42.5 Å². The van der Waals surface area contributed by atoms with Crippen LogP contribution in [0.4, 0.5) is 17.1 Å². The van der Waals surface area contributed by atoms with Gasteiger partial charge < -0.3 is 16.0 Å². The number of carbonyl (C=O) groups excluding carboxylic acids is 2. The summed E-state index contributed by atoms with van der Waals surface area (Å²) in [4.78, 5) is 23.4. The Morgan fingerprint density at radius 1 is 0.923 bits per heavy atom. The highest BCUT2D eigenvalue weighted by Crippen LogP contribution is 2.24. The van der Waals surface area contributed by atoms with E-state index in [9.17, 15) is 9.59 Å². The third kappa shape index (κ3) is 5.34. The van der Waals surface area contributed by atoms with Gasteiger partial charge in [-0.25, -0.2) is 0 Å². The molecule has 0 atom stereocenters. The number of benzene rings is 2. The Hall–Kier alpha value is -2.82. The van der Waals surface area contributed by atoms with Crippen LogP contribution in [0.2, 0.25) is 0 Å². The van der Waals surface area contributed by atoms with E-state index in [1.54, 1.807) is 0 Å². The highest BCUT2D eigenvalue weighted by atomic mass is 16.2. The number of rotatable bonds is 5. The van der Waals surface area contributed by atoms with Crippen molar-refractivity contribution in [3.05, 3.63) is 53.6 Å². The second-order valence-corrected chi connectivity index (χ2v) is 7.39. The largest absolute Gasteiger partial charge is 0.376 e. The highest BCUT2D eigenvalue weighted by molar-refractivity contribution is 5.94. The van der Waals surface area contributed by atoms with Gasteiger partial charge in [0.05, 0.1) is 6.54 Å². The first-order chi connectivity index (χ1) is 12.2. The van der Waals surface area contributed by atoms with Gasteiger partial charge in [-0.1, -0.05) is 39.0 Å². The Kier molecular flexibility index (Phi) is 6.03. The molecule has 2 aromatic rings. The van der Waals surface area contributed by atoms with Crippen molar-refractivity contribution in [2.45, 2.75) is 40.0 Å². The van der Waals surface area contributed by atoms with Crippen molar-refractivity contribution in [3.63, 3.8) is 0 Å². The molecule has 0 aliphatic carbocycles. The summed E-state index contributed by atoms with van der Waals surface area (Å²) in [5.41, 5.74) is 4.52. The van der Waals surface area contributed by atoms with Crippen molar-refractivity contribution in [1.82, 2.24) is 0 Å². The van der Waals surface area contributed by atoms with Gasteiger partial charge >= 0.3 is 0 Å². The summed E-state index contributed by atoms with van der Waals surface area (Å²) in [6.45, 7) is 9.98. The highest BCUT2D eigenvalue weighted by Gasteiger charge is 2.13. The minimum atomic E-state index is -0.127. The summed E-state index contributed by atoms with van der Waals surface area (Å²) < 4.78 is 0. The number of carbonyl (C=O) groups is 2. The fourth-order valence-electron chi connectivity index (χ4n) is 2.59. The zero-order valence-corrected chi connectivity index (χ0v) is 16.1. The van der Waals surface area contributed by atoms with Gasteiger partial charge in [0.2, 0.25) is 11.8 Å². The van der Waals surface area contributed by atoms with E-state index in [-0.39, 0.29) is 23.8 Å². The zero-order chi connectivity index (χ0) is 19.3. The van der Waals surface area contributed by atoms with Crippen LogP contribution in [0.3, 0.4) is 0 Å². The summed E-state index contributed by atoms with van der Waals surface area (Å²) in [6, 6.07) is 13.4. The van der Waals surface area contributed by atoms with Crippen LogP contribution in [-0.2, 0) is 15.0 Å². The molecule has 3 N–H and O–H groups in total. The zero-order valence-electron chi connectivity index (χ0n) is 16.1. The summed E-state index contributed by atoms with van der Waals surface area (Å²) in [5, 5.41) is 8.78. The quantitative estimate of drug-likeness (QED) is 0.750. The number of hydrogen-bond donors (Lipinski definition) is 3. The van der Waals surface area contributed by atoms with Gasteiger partial charge in [0.1, 0.15) is 0 Å². The normalized spacial score (nSPS) is 11.0. The number of amides is 2. The Labute approximate surface area is 155 Å². The number of nitrogens with one attached hydrogen (secondary N) is 3. The molecule has 138 valence electrons. The monoisotopic (exact) mass is 353 g/mol. The summed E-state index contributed by atoms with van der Waals surface area (Å²) in [6.07, 6.45) is 0. The Balaban J connectivity index is 1.96. The first-order valence-corrected chi connectivity index (χ1v) is 8.68. The topological polar surface area (TPSA) is 70.2 Å². The van der Waals surface area contributed by atoms with E-state index in [0.717, 1.165) is 22.6 Å². The van der Waals surface area contributed by atoms with E-state index >= 15 is 0 Å². The predicted molar refractivity (Wildman–Crippen MR) is 108 cm³/mol. The molecule has 0 saturated carbocycles. The Morgan fingerprint density at radius 3 is 2.12 bits per heavy atom. The average Bonchev–Trinajstić information content (AvgIpc) is 2.55. The lowest BCUT2D eigenvalue weighted by atomic mass is 9.87. The van der Waals surface area contributed by atoms with Crippen LogP contribution in [0.5, 0.6) is 0 Å². The molecule has 0 bridgehead atoms. The van der Waals surface area contributed by atoms with Crippen LogP contribution in [-0.4, -0.2) is 18.4 Å². The molecule has 0 unspecified atom stereocenters. The fourth-order valence-corrected chi connectivity index (χ4v) is 2.59. The third-order valence-electron chi connectivity index (χ3n) is 4.12. The van der Waals surface area contributed by atoms with E-state index in [1.165, 1.54) is 12.5 Å². The maximum Gasteiger partial charge on any atom is 0.243 e. The molecule has 0 heterocycles. The molecular weight excluding hydrogens is 326 g/mol. The SMILES string of the molecule is CC(=O)Nc1cccc(NCC(=O)Nc2ccc(C(C)(C)C)cc2)c1C. The standard InChI is InChI=1S/C21H27N3O2/c1-14-18(7-6-8-19(14)23-15(2)25)22-13-20(26)24-17-11-9-16(10-12-17)21(3,4)5/h6-12,22H,13H2,1-5H3,(H,23,25)(H,24,26). The molecule has 0 aliphatic heterocycles. The van der Waals surface area contributed by atoms with Crippen LogP contribution in [0.25, 0.3) is 0 Å². The smallest absolute Gasteiger partial charge is 0.243 e. The Morgan fingerprint density at radius 2 is 1.54 bits per heavy atom. The van der Waals surface area contributed by atoms with Crippen molar-refractivity contribution in [1.29, 1.82) is 0 Å². The van der Waals surface area contributed by atoms with Crippen molar-refractivity contribution in [3.8, 4) is 0 Å². The second-order valence-electron chi connectivity index (χ2n) is 7.39. The lowest BCUT2D eigenvalue weighted by Gasteiger charge is -2.19. The Bertz CT molecular complexity index is 790.